The second-order valence-corrected chi connectivity index (χ2v) is 3.74. The van der Waals surface area contributed by atoms with Crippen LogP contribution < -0.4 is 5.73 Å². The largest absolute Gasteiger partial charge is 0.481 e. The summed E-state index contributed by atoms with van der Waals surface area (Å²) >= 11 is 0. The third kappa shape index (κ3) is 6.06. The highest BCUT2D eigenvalue weighted by molar-refractivity contribution is 5.78. The Morgan fingerprint density at radius 3 is 2.53 bits per heavy atom. The molecular formula is C10H20N2O3. The minimum Gasteiger partial charge on any atom is -0.481 e. The monoisotopic (exact) mass is 216 g/mol. The number of amides is 1. The number of hydrogen-bond acceptors (Lipinski definition) is 3. The molecule has 5 heteroatoms. The zero-order valence-electron chi connectivity index (χ0n) is 9.40. The standard InChI is InChI=1S/C10H20N2O3/c1-8(5-6-11)10(15)12(2)7-3-4-9(13)14/h8H,3-7,11H2,1-2H3,(H,13,14). The van der Waals surface area contributed by atoms with Crippen LogP contribution in [0.1, 0.15) is 26.2 Å². The highest BCUT2D eigenvalue weighted by Crippen LogP contribution is 2.05. The maximum atomic E-state index is 11.6. The van der Waals surface area contributed by atoms with E-state index in [1.54, 1.807) is 11.9 Å². The average molecular weight is 216 g/mol. The Hall–Kier alpha value is -1.10. The molecule has 0 heterocycles. The van der Waals surface area contributed by atoms with Crippen LogP contribution in [0.3, 0.4) is 0 Å². The Bertz CT molecular complexity index is 219. The van der Waals surface area contributed by atoms with Crippen molar-refractivity contribution in [2.75, 3.05) is 20.1 Å². The van der Waals surface area contributed by atoms with Gasteiger partial charge in [-0.05, 0) is 19.4 Å². The summed E-state index contributed by atoms with van der Waals surface area (Å²) < 4.78 is 0. The fourth-order valence-electron chi connectivity index (χ4n) is 1.33. The van der Waals surface area contributed by atoms with Gasteiger partial charge in [0.2, 0.25) is 5.91 Å². The molecule has 5 nitrogen and oxygen atoms in total. The minimum atomic E-state index is -0.828. The van der Waals surface area contributed by atoms with Gasteiger partial charge in [-0.25, -0.2) is 0 Å². The molecule has 0 aromatic heterocycles. The molecule has 88 valence electrons. The molecule has 1 atom stereocenters. The van der Waals surface area contributed by atoms with Crippen LogP contribution in [-0.2, 0) is 9.59 Å². The smallest absolute Gasteiger partial charge is 0.303 e. The molecule has 3 N–H and O–H groups in total. The summed E-state index contributed by atoms with van der Waals surface area (Å²) in [6.45, 7) is 2.82. The van der Waals surface area contributed by atoms with E-state index in [0.717, 1.165) is 0 Å². The van der Waals surface area contributed by atoms with E-state index in [0.29, 0.717) is 25.9 Å². The maximum Gasteiger partial charge on any atom is 0.303 e. The second-order valence-electron chi connectivity index (χ2n) is 3.74. The summed E-state index contributed by atoms with van der Waals surface area (Å²) in [7, 11) is 1.69. The van der Waals surface area contributed by atoms with Crippen LogP contribution >= 0.6 is 0 Å². The Kier molecular flexibility index (Phi) is 6.70. The Labute approximate surface area is 90.2 Å². The lowest BCUT2D eigenvalue weighted by Crippen LogP contribution is -2.33. The SMILES string of the molecule is CC(CCN)C(=O)N(C)CCCC(=O)O. The molecule has 0 saturated heterocycles. The van der Waals surface area contributed by atoms with E-state index in [2.05, 4.69) is 0 Å². The zero-order chi connectivity index (χ0) is 11.8. The Morgan fingerprint density at radius 1 is 1.47 bits per heavy atom. The number of aliphatic carboxylic acids is 1. The summed E-state index contributed by atoms with van der Waals surface area (Å²) in [5.41, 5.74) is 5.36. The molecule has 0 radical (unpaired) electrons. The van der Waals surface area contributed by atoms with Gasteiger partial charge in [0.1, 0.15) is 0 Å². The van der Waals surface area contributed by atoms with Gasteiger partial charge in [-0.3, -0.25) is 9.59 Å². The van der Waals surface area contributed by atoms with Gasteiger partial charge >= 0.3 is 5.97 Å². The van der Waals surface area contributed by atoms with Crippen molar-refractivity contribution >= 4 is 11.9 Å². The first-order valence-corrected chi connectivity index (χ1v) is 5.15. The third-order valence-electron chi connectivity index (χ3n) is 2.28. The van der Waals surface area contributed by atoms with Crippen LogP contribution in [0.15, 0.2) is 0 Å². The predicted molar refractivity (Wildman–Crippen MR) is 57.3 cm³/mol. The fraction of sp³-hybridized carbons (Fsp3) is 0.800. The second kappa shape index (κ2) is 7.23. The molecule has 0 aliphatic rings. The van der Waals surface area contributed by atoms with Crippen LogP contribution in [0.4, 0.5) is 0 Å². The van der Waals surface area contributed by atoms with Crippen molar-refractivity contribution < 1.29 is 14.7 Å². The van der Waals surface area contributed by atoms with Gasteiger partial charge in [0.15, 0.2) is 0 Å². The molecule has 0 aliphatic heterocycles. The number of carboxylic acid groups (broad SMARTS) is 1. The maximum absolute atomic E-state index is 11.6. The molecule has 0 fully saturated rings. The van der Waals surface area contributed by atoms with E-state index in [1.165, 1.54) is 0 Å². The lowest BCUT2D eigenvalue weighted by atomic mass is 10.1. The molecule has 0 aromatic rings. The van der Waals surface area contributed by atoms with Gasteiger partial charge in [0, 0.05) is 25.9 Å². The summed E-state index contributed by atoms with van der Waals surface area (Å²) in [5, 5.41) is 8.44. The summed E-state index contributed by atoms with van der Waals surface area (Å²) in [4.78, 5) is 23.5. The molecule has 0 aromatic carbocycles. The van der Waals surface area contributed by atoms with Crippen molar-refractivity contribution in [3.63, 3.8) is 0 Å². The number of carbonyl (C=O) groups excluding carboxylic acids is 1. The highest BCUT2D eigenvalue weighted by Gasteiger charge is 2.16. The number of rotatable bonds is 7. The van der Waals surface area contributed by atoms with Crippen molar-refractivity contribution in [1.82, 2.24) is 4.90 Å². The van der Waals surface area contributed by atoms with E-state index in [9.17, 15) is 9.59 Å². The lowest BCUT2D eigenvalue weighted by molar-refractivity contribution is -0.138. The number of nitrogens with zero attached hydrogens (tertiary/aromatic N) is 1. The van der Waals surface area contributed by atoms with E-state index in [-0.39, 0.29) is 18.2 Å². The van der Waals surface area contributed by atoms with Crippen molar-refractivity contribution in [2.45, 2.75) is 26.2 Å². The average Bonchev–Trinajstić information content (AvgIpc) is 2.16. The predicted octanol–water partition coefficient (Wildman–Crippen LogP) is 0.294. The fourth-order valence-corrected chi connectivity index (χ4v) is 1.33. The molecule has 0 spiro atoms. The number of carbonyl (C=O) groups is 2. The normalized spacial score (nSPS) is 12.2. The van der Waals surface area contributed by atoms with Gasteiger partial charge in [-0.2, -0.15) is 0 Å². The molecular weight excluding hydrogens is 196 g/mol. The van der Waals surface area contributed by atoms with Gasteiger partial charge in [-0.15, -0.1) is 0 Å². The van der Waals surface area contributed by atoms with E-state index in [4.69, 9.17) is 10.8 Å². The molecule has 1 unspecified atom stereocenters. The van der Waals surface area contributed by atoms with Gasteiger partial charge in [-0.1, -0.05) is 6.92 Å². The number of carboxylic acids is 1. The summed E-state index contributed by atoms with van der Waals surface area (Å²) in [6, 6.07) is 0. The van der Waals surface area contributed by atoms with E-state index >= 15 is 0 Å². The van der Waals surface area contributed by atoms with Crippen molar-refractivity contribution in [3.8, 4) is 0 Å². The van der Waals surface area contributed by atoms with E-state index in [1.807, 2.05) is 6.92 Å². The molecule has 0 bridgehead atoms. The molecule has 0 aliphatic carbocycles. The molecule has 15 heavy (non-hydrogen) atoms. The minimum absolute atomic E-state index is 0.0332. The molecule has 0 saturated carbocycles. The van der Waals surface area contributed by atoms with Gasteiger partial charge in [0.25, 0.3) is 0 Å². The number of hydrogen-bond donors (Lipinski definition) is 2. The van der Waals surface area contributed by atoms with Gasteiger partial charge < -0.3 is 15.7 Å². The van der Waals surface area contributed by atoms with Crippen LogP contribution in [0, 0.1) is 5.92 Å². The summed E-state index contributed by atoms with van der Waals surface area (Å²) in [6.07, 6.45) is 1.26. The summed E-state index contributed by atoms with van der Waals surface area (Å²) in [5.74, 6) is -0.874. The molecule has 1 amide bonds. The van der Waals surface area contributed by atoms with Crippen LogP contribution in [0.2, 0.25) is 0 Å². The first-order valence-electron chi connectivity index (χ1n) is 5.15. The Balaban J connectivity index is 3.82. The van der Waals surface area contributed by atoms with Crippen molar-refractivity contribution in [1.29, 1.82) is 0 Å². The number of nitrogens with two attached hydrogens (primary N) is 1. The van der Waals surface area contributed by atoms with Crippen LogP contribution in [0.5, 0.6) is 0 Å². The topological polar surface area (TPSA) is 83.6 Å². The highest BCUT2D eigenvalue weighted by atomic mass is 16.4. The Morgan fingerprint density at radius 2 is 2.07 bits per heavy atom. The van der Waals surface area contributed by atoms with Gasteiger partial charge in [0.05, 0.1) is 0 Å². The third-order valence-corrected chi connectivity index (χ3v) is 2.28. The zero-order valence-corrected chi connectivity index (χ0v) is 9.40. The van der Waals surface area contributed by atoms with Crippen LogP contribution in [-0.4, -0.2) is 42.0 Å². The van der Waals surface area contributed by atoms with E-state index < -0.39 is 5.97 Å². The quantitative estimate of drug-likeness (QED) is 0.641. The first kappa shape index (κ1) is 13.9. The van der Waals surface area contributed by atoms with Crippen molar-refractivity contribution in [2.24, 2.45) is 11.7 Å². The first-order chi connectivity index (χ1) is 6.99. The van der Waals surface area contributed by atoms with Crippen molar-refractivity contribution in [3.05, 3.63) is 0 Å². The molecule has 0 rings (SSSR count). The van der Waals surface area contributed by atoms with Crippen LogP contribution in [0.25, 0.3) is 0 Å². The lowest BCUT2D eigenvalue weighted by Gasteiger charge is -2.20.